The fraction of sp³-hybridized carbons (Fsp3) is 0.857. The van der Waals surface area contributed by atoms with E-state index in [1.807, 2.05) is 0 Å². The van der Waals surface area contributed by atoms with Crippen molar-refractivity contribution in [3.8, 4) is 0 Å². The molecule has 0 aromatic carbocycles. The first-order valence-electron chi connectivity index (χ1n) is 3.90. The van der Waals surface area contributed by atoms with E-state index in [9.17, 15) is 15.0 Å². The molecular weight excluding hydrogens is 180 g/mol. The van der Waals surface area contributed by atoms with Crippen LogP contribution >= 0.6 is 0 Å². The zero-order chi connectivity index (χ0) is 9.84. The van der Waals surface area contributed by atoms with Crippen LogP contribution in [-0.4, -0.2) is 53.0 Å². The van der Waals surface area contributed by atoms with Gasteiger partial charge in [0.15, 0.2) is 6.29 Å². The second-order valence-electron chi connectivity index (χ2n) is 2.85. The van der Waals surface area contributed by atoms with Crippen LogP contribution in [0.5, 0.6) is 0 Å². The van der Waals surface area contributed by atoms with Gasteiger partial charge in [-0.3, -0.25) is 4.79 Å². The van der Waals surface area contributed by atoms with Crippen molar-refractivity contribution in [1.82, 2.24) is 0 Å². The van der Waals surface area contributed by atoms with Crippen LogP contribution in [0.3, 0.4) is 0 Å². The van der Waals surface area contributed by atoms with Gasteiger partial charge in [-0.25, -0.2) is 0 Å². The molecule has 0 aromatic rings. The lowest BCUT2D eigenvalue weighted by atomic mass is 10.0. The largest absolute Gasteiger partial charge is 0.465 e. The molecular formula is C7H12O6. The van der Waals surface area contributed by atoms with E-state index in [1.165, 1.54) is 0 Å². The van der Waals surface area contributed by atoms with Crippen molar-refractivity contribution in [2.45, 2.75) is 31.0 Å². The highest BCUT2D eigenvalue weighted by molar-refractivity contribution is 5.36. The van der Waals surface area contributed by atoms with Crippen LogP contribution in [-0.2, 0) is 14.3 Å². The summed E-state index contributed by atoms with van der Waals surface area (Å²) >= 11 is 0. The van der Waals surface area contributed by atoms with Crippen LogP contribution in [0.2, 0.25) is 0 Å². The fourth-order valence-electron chi connectivity index (χ4n) is 1.20. The molecule has 0 saturated carbocycles. The van der Waals surface area contributed by atoms with Gasteiger partial charge in [-0.1, -0.05) is 0 Å². The molecule has 1 fully saturated rings. The van der Waals surface area contributed by atoms with E-state index in [0.717, 1.165) is 0 Å². The van der Waals surface area contributed by atoms with Gasteiger partial charge in [0.1, 0.15) is 18.8 Å². The molecule has 1 aliphatic rings. The van der Waals surface area contributed by atoms with E-state index in [2.05, 4.69) is 4.74 Å². The predicted octanol–water partition coefficient (Wildman–Crippen LogP) is -2.01. The Morgan fingerprint density at radius 2 is 2.15 bits per heavy atom. The number of aliphatic hydroxyl groups is 3. The lowest BCUT2D eigenvalue weighted by Gasteiger charge is -2.34. The van der Waals surface area contributed by atoms with Crippen LogP contribution in [0, 0.1) is 0 Å². The normalized spacial score (nSPS) is 39.9. The van der Waals surface area contributed by atoms with E-state index < -0.39 is 24.6 Å². The van der Waals surface area contributed by atoms with Crippen molar-refractivity contribution < 1.29 is 29.6 Å². The molecule has 6 nitrogen and oxygen atoms in total. The quantitative estimate of drug-likeness (QED) is 0.447. The standard InChI is InChI=1S/C7H12O6/c8-3-12-2-5-7(11)4(9)1-6(10)13-5/h3-7,9-11H,1-2H2/t4-,5?,6-,7-/m1/s1. The van der Waals surface area contributed by atoms with Crippen molar-refractivity contribution in [1.29, 1.82) is 0 Å². The molecule has 1 heterocycles. The molecule has 1 aliphatic heterocycles. The van der Waals surface area contributed by atoms with Gasteiger partial charge in [0, 0.05) is 6.42 Å². The molecule has 0 radical (unpaired) electrons. The van der Waals surface area contributed by atoms with Gasteiger partial charge in [-0.05, 0) is 0 Å². The molecule has 0 bridgehead atoms. The summed E-state index contributed by atoms with van der Waals surface area (Å²) in [5.74, 6) is 0. The van der Waals surface area contributed by atoms with Crippen LogP contribution in [0.15, 0.2) is 0 Å². The third-order valence-electron chi connectivity index (χ3n) is 1.88. The second kappa shape index (κ2) is 4.52. The van der Waals surface area contributed by atoms with Crippen molar-refractivity contribution in [3.63, 3.8) is 0 Å². The Bertz CT molecular complexity index is 172. The summed E-state index contributed by atoms with van der Waals surface area (Å²) in [5.41, 5.74) is 0. The molecule has 0 aliphatic carbocycles. The molecule has 0 aromatic heterocycles. The fourth-order valence-corrected chi connectivity index (χ4v) is 1.20. The maximum absolute atomic E-state index is 9.83. The third-order valence-corrected chi connectivity index (χ3v) is 1.88. The van der Waals surface area contributed by atoms with Gasteiger partial charge in [-0.2, -0.15) is 0 Å². The summed E-state index contributed by atoms with van der Waals surface area (Å²) in [7, 11) is 0. The van der Waals surface area contributed by atoms with Crippen molar-refractivity contribution in [3.05, 3.63) is 0 Å². The Morgan fingerprint density at radius 3 is 2.77 bits per heavy atom. The highest BCUT2D eigenvalue weighted by Crippen LogP contribution is 2.18. The van der Waals surface area contributed by atoms with Crippen LogP contribution in [0.25, 0.3) is 0 Å². The molecule has 6 heteroatoms. The second-order valence-corrected chi connectivity index (χ2v) is 2.85. The number of carbonyl (C=O) groups excluding carboxylic acids is 1. The molecule has 1 unspecified atom stereocenters. The smallest absolute Gasteiger partial charge is 0.293 e. The zero-order valence-corrected chi connectivity index (χ0v) is 6.87. The lowest BCUT2D eigenvalue weighted by molar-refractivity contribution is -0.240. The molecule has 0 spiro atoms. The summed E-state index contributed by atoms with van der Waals surface area (Å²) < 4.78 is 9.18. The predicted molar refractivity (Wildman–Crippen MR) is 39.5 cm³/mol. The molecule has 3 N–H and O–H groups in total. The van der Waals surface area contributed by atoms with Gasteiger partial charge in [-0.15, -0.1) is 0 Å². The van der Waals surface area contributed by atoms with Crippen LogP contribution in [0.4, 0.5) is 0 Å². The minimum absolute atomic E-state index is 0.0429. The van der Waals surface area contributed by atoms with Gasteiger partial charge < -0.3 is 24.8 Å². The Morgan fingerprint density at radius 1 is 1.46 bits per heavy atom. The molecule has 76 valence electrons. The maximum atomic E-state index is 9.83. The van der Waals surface area contributed by atoms with E-state index in [1.54, 1.807) is 0 Å². The van der Waals surface area contributed by atoms with Crippen LogP contribution in [0.1, 0.15) is 6.42 Å². The lowest BCUT2D eigenvalue weighted by Crippen LogP contribution is -2.50. The molecule has 1 saturated heterocycles. The number of hydrogen-bond acceptors (Lipinski definition) is 6. The van der Waals surface area contributed by atoms with Gasteiger partial charge in [0.2, 0.25) is 0 Å². The Balaban J connectivity index is 2.45. The monoisotopic (exact) mass is 192 g/mol. The topological polar surface area (TPSA) is 96.2 Å². The number of ether oxygens (including phenoxy) is 2. The number of aliphatic hydroxyl groups excluding tert-OH is 3. The van der Waals surface area contributed by atoms with Crippen molar-refractivity contribution >= 4 is 6.47 Å². The average molecular weight is 192 g/mol. The first kappa shape index (κ1) is 10.4. The van der Waals surface area contributed by atoms with Crippen molar-refractivity contribution in [2.24, 2.45) is 0 Å². The highest BCUT2D eigenvalue weighted by Gasteiger charge is 2.36. The molecule has 1 rings (SSSR count). The number of hydrogen-bond donors (Lipinski definition) is 3. The molecule has 4 atom stereocenters. The van der Waals surface area contributed by atoms with E-state index >= 15 is 0 Å². The summed E-state index contributed by atoms with van der Waals surface area (Å²) in [4.78, 5) is 9.83. The summed E-state index contributed by atoms with van der Waals surface area (Å²) in [6.45, 7) is 0.0300. The number of carbonyl (C=O) groups is 1. The minimum Gasteiger partial charge on any atom is -0.465 e. The van der Waals surface area contributed by atoms with Gasteiger partial charge >= 0.3 is 0 Å². The zero-order valence-electron chi connectivity index (χ0n) is 6.87. The van der Waals surface area contributed by atoms with E-state index in [-0.39, 0.29) is 19.5 Å². The molecule has 0 amide bonds. The SMILES string of the molecule is O=COCC1O[C@@H](O)C[C@@H](O)[C@H]1O. The maximum Gasteiger partial charge on any atom is 0.293 e. The minimum atomic E-state index is -1.14. The van der Waals surface area contributed by atoms with Gasteiger partial charge in [0.05, 0.1) is 6.10 Å². The molecule has 13 heavy (non-hydrogen) atoms. The summed E-state index contributed by atoms with van der Waals surface area (Å²) in [6, 6.07) is 0. The third kappa shape index (κ3) is 2.63. The van der Waals surface area contributed by atoms with E-state index in [0.29, 0.717) is 0 Å². The van der Waals surface area contributed by atoms with Crippen LogP contribution < -0.4 is 0 Å². The Kier molecular flexibility index (Phi) is 3.61. The Labute approximate surface area is 74.7 Å². The average Bonchev–Trinajstić information content (AvgIpc) is 2.09. The first-order chi connectivity index (χ1) is 6.15. The first-order valence-corrected chi connectivity index (χ1v) is 3.90. The Hall–Kier alpha value is -0.690. The van der Waals surface area contributed by atoms with Crippen molar-refractivity contribution in [2.75, 3.05) is 6.61 Å². The van der Waals surface area contributed by atoms with Gasteiger partial charge in [0.25, 0.3) is 6.47 Å². The number of rotatable bonds is 3. The summed E-state index contributed by atoms with van der Waals surface area (Å²) in [5, 5.41) is 27.5. The highest BCUT2D eigenvalue weighted by atomic mass is 16.6. The van der Waals surface area contributed by atoms with E-state index in [4.69, 9.17) is 9.84 Å². The summed E-state index contributed by atoms with van der Waals surface area (Å²) in [6.07, 6.45) is -4.23.